The van der Waals surface area contributed by atoms with Gasteiger partial charge in [-0.25, -0.2) is 13.1 Å². The standard InChI is InChI=1S/C18H26N2O4S/c1-19-25(22,23)17-13-14(9-11-16(17)24-2)10-12-18(21)20-15-7-5-3-4-6-8-15/h9-13,15,19H,3-8H2,1-2H3,(H,20,21)/b12-10+. The highest BCUT2D eigenvalue weighted by molar-refractivity contribution is 7.89. The summed E-state index contributed by atoms with van der Waals surface area (Å²) in [7, 11) is -0.877. The lowest BCUT2D eigenvalue weighted by molar-refractivity contribution is -0.117. The van der Waals surface area contributed by atoms with Gasteiger partial charge in [-0.3, -0.25) is 4.79 Å². The predicted octanol–water partition coefficient (Wildman–Crippen LogP) is 2.46. The second-order valence-electron chi connectivity index (χ2n) is 6.15. The molecule has 1 saturated carbocycles. The van der Waals surface area contributed by atoms with Crippen LogP contribution >= 0.6 is 0 Å². The molecule has 0 radical (unpaired) electrons. The van der Waals surface area contributed by atoms with Gasteiger partial charge < -0.3 is 10.1 Å². The molecule has 2 N–H and O–H groups in total. The molecule has 1 aromatic carbocycles. The predicted molar refractivity (Wildman–Crippen MR) is 97.9 cm³/mol. The molecule has 138 valence electrons. The molecule has 2 rings (SSSR count). The fraction of sp³-hybridized carbons (Fsp3) is 0.500. The molecule has 1 aliphatic rings. The Kier molecular flexibility index (Phi) is 7.01. The summed E-state index contributed by atoms with van der Waals surface area (Å²) in [6.07, 6.45) is 9.87. The molecular formula is C18H26N2O4S. The first-order chi connectivity index (χ1) is 12.0. The molecule has 0 aromatic heterocycles. The van der Waals surface area contributed by atoms with Crippen LogP contribution in [0.2, 0.25) is 0 Å². The second-order valence-corrected chi connectivity index (χ2v) is 8.00. The van der Waals surface area contributed by atoms with Gasteiger partial charge in [0.1, 0.15) is 10.6 Å². The zero-order valence-electron chi connectivity index (χ0n) is 14.7. The molecule has 0 bridgehead atoms. The van der Waals surface area contributed by atoms with E-state index in [1.54, 1.807) is 18.2 Å². The number of carbonyl (C=O) groups is 1. The summed E-state index contributed by atoms with van der Waals surface area (Å²) in [5.74, 6) is 0.107. The van der Waals surface area contributed by atoms with Crippen LogP contribution in [0.3, 0.4) is 0 Å². The van der Waals surface area contributed by atoms with Crippen molar-refractivity contribution in [2.45, 2.75) is 49.5 Å². The Balaban J connectivity index is 2.09. The maximum Gasteiger partial charge on any atom is 0.244 e. The van der Waals surface area contributed by atoms with Gasteiger partial charge >= 0.3 is 0 Å². The van der Waals surface area contributed by atoms with E-state index < -0.39 is 10.0 Å². The SMILES string of the molecule is CNS(=O)(=O)c1cc(/C=C/C(=O)NC2CCCCCC2)ccc1OC. The largest absolute Gasteiger partial charge is 0.495 e. The summed E-state index contributed by atoms with van der Waals surface area (Å²) in [5, 5.41) is 3.03. The van der Waals surface area contributed by atoms with E-state index in [4.69, 9.17) is 4.74 Å². The van der Waals surface area contributed by atoms with Crippen LogP contribution in [0.15, 0.2) is 29.2 Å². The molecule has 0 atom stereocenters. The molecule has 1 fully saturated rings. The number of methoxy groups -OCH3 is 1. The lowest BCUT2D eigenvalue weighted by Gasteiger charge is -2.14. The van der Waals surface area contributed by atoms with Gasteiger partial charge in [-0.15, -0.1) is 0 Å². The molecule has 0 spiro atoms. The topological polar surface area (TPSA) is 84.5 Å². The second kappa shape index (κ2) is 9.01. The molecule has 0 unspecified atom stereocenters. The Hall–Kier alpha value is -1.86. The lowest BCUT2D eigenvalue weighted by atomic mass is 10.1. The Morgan fingerprint density at radius 1 is 1.20 bits per heavy atom. The van der Waals surface area contributed by atoms with Gasteiger partial charge in [-0.1, -0.05) is 31.7 Å². The van der Waals surface area contributed by atoms with Crippen molar-refractivity contribution in [2.75, 3.05) is 14.2 Å². The minimum Gasteiger partial charge on any atom is -0.495 e. The number of ether oxygens (including phenoxy) is 1. The smallest absolute Gasteiger partial charge is 0.244 e. The molecule has 0 saturated heterocycles. The van der Waals surface area contributed by atoms with Crippen LogP contribution in [0, 0.1) is 0 Å². The van der Waals surface area contributed by atoms with Crippen LogP contribution < -0.4 is 14.8 Å². The van der Waals surface area contributed by atoms with E-state index in [9.17, 15) is 13.2 Å². The normalized spacial score (nSPS) is 16.6. The van der Waals surface area contributed by atoms with E-state index in [1.165, 1.54) is 39.1 Å². The quantitative estimate of drug-likeness (QED) is 0.598. The molecule has 6 nitrogen and oxygen atoms in total. The highest BCUT2D eigenvalue weighted by Crippen LogP contribution is 2.25. The van der Waals surface area contributed by atoms with Gasteiger partial charge in [0.05, 0.1) is 7.11 Å². The summed E-state index contributed by atoms with van der Waals surface area (Å²) >= 11 is 0. The molecule has 25 heavy (non-hydrogen) atoms. The summed E-state index contributed by atoms with van der Waals surface area (Å²) in [5.41, 5.74) is 0.616. The fourth-order valence-electron chi connectivity index (χ4n) is 2.96. The minimum atomic E-state index is -3.64. The molecule has 1 amide bonds. The maximum absolute atomic E-state index is 12.1. The number of amides is 1. The van der Waals surface area contributed by atoms with Crippen molar-refractivity contribution in [1.29, 1.82) is 0 Å². The first kappa shape index (κ1) is 19.5. The molecule has 0 heterocycles. The summed E-state index contributed by atoms with van der Waals surface area (Å²) in [6, 6.07) is 5.01. The highest BCUT2D eigenvalue weighted by Gasteiger charge is 2.18. The number of hydrogen-bond donors (Lipinski definition) is 2. The van der Waals surface area contributed by atoms with Gasteiger partial charge in [0, 0.05) is 12.1 Å². The Morgan fingerprint density at radius 3 is 2.48 bits per heavy atom. The lowest BCUT2D eigenvalue weighted by Crippen LogP contribution is -2.33. The Bertz CT molecular complexity index is 721. The van der Waals surface area contributed by atoms with E-state index in [0.29, 0.717) is 5.56 Å². The number of hydrogen-bond acceptors (Lipinski definition) is 4. The maximum atomic E-state index is 12.1. The zero-order valence-corrected chi connectivity index (χ0v) is 15.6. The molecule has 7 heteroatoms. The zero-order chi connectivity index (χ0) is 18.3. The monoisotopic (exact) mass is 366 g/mol. The van der Waals surface area contributed by atoms with Crippen LogP contribution in [0.1, 0.15) is 44.1 Å². The van der Waals surface area contributed by atoms with Crippen molar-refractivity contribution in [3.05, 3.63) is 29.8 Å². The van der Waals surface area contributed by atoms with E-state index in [-0.39, 0.29) is 22.6 Å². The van der Waals surface area contributed by atoms with E-state index in [2.05, 4.69) is 10.0 Å². The third kappa shape index (κ3) is 5.57. The van der Waals surface area contributed by atoms with Gasteiger partial charge in [0.15, 0.2) is 0 Å². The van der Waals surface area contributed by atoms with Gasteiger partial charge in [-0.2, -0.15) is 0 Å². The summed E-state index contributed by atoms with van der Waals surface area (Å²) in [6.45, 7) is 0. The Morgan fingerprint density at radius 2 is 1.88 bits per heavy atom. The van der Waals surface area contributed by atoms with Crippen LogP contribution in [0.4, 0.5) is 0 Å². The highest BCUT2D eigenvalue weighted by atomic mass is 32.2. The van der Waals surface area contributed by atoms with Gasteiger partial charge in [-0.05, 0) is 43.7 Å². The first-order valence-electron chi connectivity index (χ1n) is 8.56. The van der Waals surface area contributed by atoms with Gasteiger partial charge in [0.2, 0.25) is 15.9 Å². The van der Waals surface area contributed by atoms with Crippen molar-refractivity contribution in [2.24, 2.45) is 0 Å². The van der Waals surface area contributed by atoms with Crippen LogP contribution in [-0.4, -0.2) is 34.5 Å². The van der Waals surface area contributed by atoms with E-state index >= 15 is 0 Å². The minimum absolute atomic E-state index is 0.0452. The number of sulfonamides is 1. The fourth-order valence-corrected chi connectivity index (χ4v) is 3.89. The third-order valence-electron chi connectivity index (χ3n) is 4.37. The van der Waals surface area contributed by atoms with Crippen molar-refractivity contribution >= 4 is 22.0 Å². The van der Waals surface area contributed by atoms with Crippen molar-refractivity contribution in [1.82, 2.24) is 10.0 Å². The number of nitrogens with one attached hydrogen (secondary N) is 2. The van der Waals surface area contributed by atoms with E-state index in [0.717, 1.165) is 25.7 Å². The Labute approximate surface area is 149 Å². The first-order valence-corrected chi connectivity index (χ1v) is 10.0. The molecular weight excluding hydrogens is 340 g/mol. The van der Waals surface area contributed by atoms with Crippen molar-refractivity contribution < 1.29 is 17.9 Å². The third-order valence-corrected chi connectivity index (χ3v) is 5.81. The van der Waals surface area contributed by atoms with Crippen molar-refractivity contribution in [3.63, 3.8) is 0 Å². The van der Waals surface area contributed by atoms with Gasteiger partial charge in [0.25, 0.3) is 0 Å². The molecule has 0 aliphatic heterocycles. The average Bonchev–Trinajstić information content (AvgIpc) is 2.88. The number of benzene rings is 1. The molecule has 1 aromatic rings. The van der Waals surface area contributed by atoms with Crippen LogP contribution in [0.5, 0.6) is 5.75 Å². The average molecular weight is 366 g/mol. The van der Waals surface area contributed by atoms with Crippen molar-refractivity contribution in [3.8, 4) is 5.75 Å². The number of carbonyl (C=O) groups excluding carboxylic acids is 1. The van der Waals surface area contributed by atoms with E-state index in [1.807, 2.05) is 0 Å². The number of rotatable bonds is 6. The van der Waals surface area contributed by atoms with Crippen LogP contribution in [-0.2, 0) is 14.8 Å². The van der Waals surface area contributed by atoms with Crippen LogP contribution in [0.25, 0.3) is 6.08 Å². The molecule has 1 aliphatic carbocycles. The summed E-state index contributed by atoms with van der Waals surface area (Å²) in [4.78, 5) is 12.1. The summed E-state index contributed by atoms with van der Waals surface area (Å²) < 4.78 is 31.5.